The summed E-state index contributed by atoms with van der Waals surface area (Å²) >= 11 is 5.71. The van der Waals surface area contributed by atoms with E-state index in [2.05, 4.69) is 11.4 Å². The van der Waals surface area contributed by atoms with E-state index in [9.17, 15) is 4.79 Å². The largest absolute Gasteiger partial charge is 0.378 e. The van der Waals surface area contributed by atoms with Crippen LogP contribution in [0.25, 0.3) is 0 Å². The first kappa shape index (κ1) is 16.3. The van der Waals surface area contributed by atoms with Crippen LogP contribution in [0.15, 0.2) is 24.3 Å². The molecule has 2 rings (SSSR count). The van der Waals surface area contributed by atoms with E-state index in [0.717, 1.165) is 44.4 Å². The molecule has 0 bridgehead atoms. The fourth-order valence-corrected chi connectivity index (χ4v) is 2.76. The second-order valence-electron chi connectivity index (χ2n) is 5.57. The SMILES string of the molecule is O=C(CCC1CCCCO1)Nc1cccc(CCCCl)c1. The van der Waals surface area contributed by atoms with Crippen molar-refractivity contribution in [3.63, 3.8) is 0 Å². The van der Waals surface area contributed by atoms with Crippen molar-refractivity contribution < 1.29 is 9.53 Å². The maximum Gasteiger partial charge on any atom is 0.224 e. The summed E-state index contributed by atoms with van der Waals surface area (Å²) in [5.74, 6) is 0.733. The third-order valence-corrected chi connectivity index (χ3v) is 4.04. The molecule has 0 spiro atoms. The summed E-state index contributed by atoms with van der Waals surface area (Å²) in [6.07, 6.45) is 6.96. The molecular formula is C17H24ClNO2. The number of anilines is 1. The Bertz CT molecular complexity index is 444. The van der Waals surface area contributed by atoms with Gasteiger partial charge in [-0.2, -0.15) is 0 Å². The summed E-state index contributed by atoms with van der Waals surface area (Å²) in [5, 5.41) is 2.97. The van der Waals surface area contributed by atoms with Crippen LogP contribution in [0.2, 0.25) is 0 Å². The number of amides is 1. The molecule has 116 valence electrons. The first-order valence-electron chi connectivity index (χ1n) is 7.84. The van der Waals surface area contributed by atoms with Crippen molar-refractivity contribution >= 4 is 23.2 Å². The lowest BCUT2D eigenvalue weighted by molar-refractivity contribution is -0.117. The number of hydrogen-bond acceptors (Lipinski definition) is 2. The van der Waals surface area contributed by atoms with Gasteiger partial charge >= 0.3 is 0 Å². The van der Waals surface area contributed by atoms with Crippen LogP contribution in [0.4, 0.5) is 5.69 Å². The van der Waals surface area contributed by atoms with E-state index < -0.39 is 0 Å². The van der Waals surface area contributed by atoms with Crippen molar-refractivity contribution in [2.24, 2.45) is 0 Å². The molecule has 1 heterocycles. The summed E-state index contributed by atoms with van der Waals surface area (Å²) < 4.78 is 5.65. The van der Waals surface area contributed by atoms with Gasteiger partial charge < -0.3 is 10.1 Å². The number of ether oxygens (including phenoxy) is 1. The summed E-state index contributed by atoms with van der Waals surface area (Å²) in [6, 6.07) is 8.00. The molecule has 1 saturated heterocycles. The number of alkyl halides is 1. The number of aryl methyl sites for hydroxylation is 1. The molecule has 21 heavy (non-hydrogen) atoms. The molecule has 1 aromatic carbocycles. The molecule has 3 nitrogen and oxygen atoms in total. The van der Waals surface area contributed by atoms with Gasteiger partial charge in [0.2, 0.25) is 5.91 Å². The summed E-state index contributed by atoms with van der Waals surface area (Å²) in [7, 11) is 0. The lowest BCUT2D eigenvalue weighted by atomic mass is 10.0. The number of carbonyl (C=O) groups is 1. The molecule has 1 atom stereocenters. The van der Waals surface area contributed by atoms with Gasteiger partial charge in [-0.1, -0.05) is 12.1 Å². The van der Waals surface area contributed by atoms with Crippen LogP contribution in [0.3, 0.4) is 0 Å². The number of nitrogens with one attached hydrogen (secondary N) is 1. The van der Waals surface area contributed by atoms with Gasteiger partial charge in [-0.3, -0.25) is 4.79 Å². The molecule has 0 aliphatic carbocycles. The molecular weight excluding hydrogens is 286 g/mol. The van der Waals surface area contributed by atoms with Gasteiger partial charge in [0, 0.05) is 24.6 Å². The quantitative estimate of drug-likeness (QED) is 0.769. The topological polar surface area (TPSA) is 38.3 Å². The fourth-order valence-electron chi connectivity index (χ4n) is 2.63. The third-order valence-electron chi connectivity index (χ3n) is 3.78. The Hall–Kier alpha value is -1.06. The first-order valence-corrected chi connectivity index (χ1v) is 8.38. The Kier molecular flexibility index (Phi) is 7.04. The van der Waals surface area contributed by atoms with Crippen molar-refractivity contribution in [3.8, 4) is 0 Å². The Morgan fingerprint density at radius 1 is 1.38 bits per heavy atom. The Balaban J connectivity index is 1.76. The van der Waals surface area contributed by atoms with E-state index in [1.165, 1.54) is 12.0 Å². The Morgan fingerprint density at radius 3 is 3.05 bits per heavy atom. The summed E-state index contributed by atoms with van der Waals surface area (Å²) in [4.78, 5) is 12.0. The van der Waals surface area contributed by atoms with E-state index in [4.69, 9.17) is 16.3 Å². The third kappa shape index (κ3) is 6.06. The van der Waals surface area contributed by atoms with E-state index >= 15 is 0 Å². The van der Waals surface area contributed by atoms with E-state index in [-0.39, 0.29) is 12.0 Å². The van der Waals surface area contributed by atoms with Crippen molar-refractivity contribution in [2.75, 3.05) is 17.8 Å². The van der Waals surface area contributed by atoms with E-state index in [0.29, 0.717) is 12.3 Å². The zero-order valence-electron chi connectivity index (χ0n) is 12.4. The highest BCUT2D eigenvalue weighted by atomic mass is 35.5. The Morgan fingerprint density at radius 2 is 2.29 bits per heavy atom. The van der Waals surface area contributed by atoms with Crippen LogP contribution in [0.5, 0.6) is 0 Å². The highest BCUT2D eigenvalue weighted by molar-refractivity contribution is 6.17. The first-order chi connectivity index (χ1) is 10.3. The highest BCUT2D eigenvalue weighted by Crippen LogP contribution is 2.18. The average Bonchev–Trinajstić information content (AvgIpc) is 2.52. The van der Waals surface area contributed by atoms with Gasteiger partial charge in [0.15, 0.2) is 0 Å². The lowest BCUT2D eigenvalue weighted by Crippen LogP contribution is -2.21. The van der Waals surface area contributed by atoms with Crippen molar-refractivity contribution in [1.29, 1.82) is 0 Å². The molecule has 0 aromatic heterocycles. The van der Waals surface area contributed by atoms with Gasteiger partial charge in [-0.15, -0.1) is 11.6 Å². The zero-order valence-corrected chi connectivity index (χ0v) is 13.2. The minimum atomic E-state index is 0.0682. The second kappa shape index (κ2) is 9.06. The maximum absolute atomic E-state index is 12.0. The minimum absolute atomic E-state index is 0.0682. The van der Waals surface area contributed by atoms with Crippen LogP contribution in [0, 0.1) is 0 Å². The predicted octanol–water partition coefficient (Wildman–Crippen LogP) is 4.15. The number of benzene rings is 1. The van der Waals surface area contributed by atoms with Gasteiger partial charge in [-0.25, -0.2) is 0 Å². The van der Waals surface area contributed by atoms with Gasteiger partial charge in [0.1, 0.15) is 0 Å². The highest BCUT2D eigenvalue weighted by Gasteiger charge is 2.15. The number of rotatable bonds is 7. The molecule has 1 amide bonds. The molecule has 0 radical (unpaired) electrons. The summed E-state index contributed by atoms with van der Waals surface area (Å²) in [5.41, 5.74) is 2.08. The minimum Gasteiger partial charge on any atom is -0.378 e. The fraction of sp³-hybridized carbons (Fsp3) is 0.588. The molecule has 1 aliphatic heterocycles. The Labute approximate surface area is 132 Å². The molecule has 0 saturated carbocycles. The standard InChI is InChI=1S/C17H24ClNO2/c18-11-4-6-14-5-3-7-15(13-14)19-17(20)10-9-16-8-1-2-12-21-16/h3,5,7,13,16H,1-2,4,6,8-12H2,(H,19,20). The van der Waals surface area contributed by atoms with Gasteiger partial charge in [-0.05, 0) is 56.2 Å². The van der Waals surface area contributed by atoms with Gasteiger partial charge in [0.05, 0.1) is 6.10 Å². The molecule has 4 heteroatoms. The predicted molar refractivity (Wildman–Crippen MR) is 86.9 cm³/mol. The van der Waals surface area contributed by atoms with Gasteiger partial charge in [0.25, 0.3) is 0 Å². The van der Waals surface area contributed by atoms with Crippen LogP contribution in [-0.4, -0.2) is 24.5 Å². The maximum atomic E-state index is 12.0. The smallest absolute Gasteiger partial charge is 0.224 e. The molecule has 1 fully saturated rings. The lowest BCUT2D eigenvalue weighted by Gasteiger charge is -2.22. The van der Waals surface area contributed by atoms with Crippen LogP contribution in [0.1, 0.15) is 44.1 Å². The number of hydrogen-bond donors (Lipinski definition) is 1. The molecule has 1 aromatic rings. The zero-order chi connectivity index (χ0) is 14.9. The number of carbonyl (C=O) groups excluding carboxylic acids is 1. The monoisotopic (exact) mass is 309 g/mol. The van der Waals surface area contributed by atoms with Crippen molar-refractivity contribution in [1.82, 2.24) is 0 Å². The molecule has 1 N–H and O–H groups in total. The van der Waals surface area contributed by atoms with Crippen LogP contribution in [-0.2, 0) is 16.0 Å². The van der Waals surface area contributed by atoms with Crippen molar-refractivity contribution in [2.45, 2.75) is 51.0 Å². The van der Waals surface area contributed by atoms with Crippen LogP contribution >= 0.6 is 11.6 Å². The normalized spacial score (nSPS) is 18.4. The van der Waals surface area contributed by atoms with E-state index in [1.54, 1.807) is 0 Å². The van der Waals surface area contributed by atoms with E-state index in [1.807, 2.05) is 18.2 Å². The molecule has 1 aliphatic rings. The number of halogens is 1. The molecule has 1 unspecified atom stereocenters. The average molecular weight is 310 g/mol. The second-order valence-corrected chi connectivity index (χ2v) is 5.95. The van der Waals surface area contributed by atoms with Crippen molar-refractivity contribution in [3.05, 3.63) is 29.8 Å². The summed E-state index contributed by atoms with van der Waals surface area (Å²) in [6.45, 7) is 0.842. The van der Waals surface area contributed by atoms with Crippen LogP contribution < -0.4 is 5.32 Å².